The SMILES string of the molecule is C#CCCNC(=O)NCC1CCCCC1C(=O)O. The van der Waals surface area contributed by atoms with E-state index < -0.39 is 5.97 Å². The van der Waals surface area contributed by atoms with Crippen molar-refractivity contribution in [2.24, 2.45) is 11.8 Å². The summed E-state index contributed by atoms with van der Waals surface area (Å²) in [5.41, 5.74) is 0. The molecule has 0 aromatic heterocycles. The summed E-state index contributed by atoms with van der Waals surface area (Å²) in [7, 11) is 0. The van der Waals surface area contributed by atoms with Crippen LogP contribution in [0, 0.1) is 24.2 Å². The number of aliphatic carboxylic acids is 1. The summed E-state index contributed by atoms with van der Waals surface area (Å²) in [4.78, 5) is 22.5. The Hall–Kier alpha value is -1.70. The van der Waals surface area contributed by atoms with Gasteiger partial charge in [-0.2, -0.15) is 0 Å². The monoisotopic (exact) mass is 252 g/mol. The molecule has 2 unspecified atom stereocenters. The summed E-state index contributed by atoms with van der Waals surface area (Å²) in [6.07, 6.45) is 9.13. The Labute approximate surface area is 107 Å². The zero-order valence-corrected chi connectivity index (χ0v) is 10.4. The molecule has 1 aliphatic rings. The molecule has 0 aromatic carbocycles. The second-order valence-electron chi connectivity index (χ2n) is 4.58. The Bertz CT molecular complexity index is 336. The highest BCUT2D eigenvalue weighted by molar-refractivity contribution is 5.74. The molecular weight excluding hydrogens is 232 g/mol. The number of terminal acetylenes is 1. The second kappa shape index (κ2) is 7.59. The molecule has 0 radical (unpaired) electrons. The molecule has 2 amide bonds. The van der Waals surface area contributed by atoms with Crippen molar-refractivity contribution in [2.75, 3.05) is 13.1 Å². The Kier molecular flexibility index (Phi) is 6.06. The van der Waals surface area contributed by atoms with E-state index in [2.05, 4.69) is 16.6 Å². The van der Waals surface area contributed by atoms with Crippen LogP contribution in [0.4, 0.5) is 4.79 Å². The van der Waals surface area contributed by atoms with Gasteiger partial charge in [0.2, 0.25) is 0 Å². The normalized spacial score (nSPS) is 22.8. The van der Waals surface area contributed by atoms with Crippen LogP contribution in [-0.2, 0) is 4.79 Å². The molecule has 5 heteroatoms. The number of hydrogen-bond donors (Lipinski definition) is 3. The number of amides is 2. The summed E-state index contributed by atoms with van der Waals surface area (Å²) >= 11 is 0. The lowest BCUT2D eigenvalue weighted by molar-refractivity contribution is -0.144. The fourth-order valence-electron chi connectivity index (χ4n) is 2.31. The third-order valence-corrected chi connectivity index (χ3v) is 3.31. The lowest BCUT2D eigenvalue weighted by Gasteiger charge is -2.28. The van der Waals surface area contributed by atoms with Gasteiger partial charge >= 0.3 is 12.0 Å². The van der Waals surface area contributed by atoms with E-state index in [1.165, 1.54) is 0 Å². The summed E-state index contributed by atoms with van der Waals surface area (Å²) in [5.74, 6) is 1.38. The molecule has 0 saturated heterocycles. The topological polar surface area (TPSA) is 78.4 Å². The quantitative estimate of drug-likeness (QED) is 0.508. The lowest BCUT2D eigenvalue weighted by Crippen LogP contribution is -2.42. The van der Waals surface area contributed by atoms with Gasteiger partial charge in [-0.15, -0.1) is 12.3 Å². The number of hydrogen-bond acceptors (Lipinski definition) is 2. The van der Waals surface area contributed by atoms with Crippen LogP contribution in [0.1, 0.15) is 32.1 Å². The van der Waals surface area contributed by atoms with Crippen LogP contribution < -0.4 is 10.6 Å². The Morgan fingerprint density at radius 1 is 1.28 bits per heavy atom. The van der Waals surface area contributed by atoms with Crippen molar-refractivity contribution in [2.45, 2.75) is 32.1 Å². The minimum absolute atomic E-state index is 0.0367. The van der Waals surface area contributed by atoms with Crippen LogP contribution in [0.2, 0.25) is 0 Å². The standard InChI is InChI=1S/C13H20N2O3/c1-2-3-8-14-13(18)15-9-10-6-4-5-7-11(10)12(16)17/h1,10-11H,3-9H2,(H,16,17)(H2,14,15,18). The van der Waals surface area contributed by atoms with E-state index in [1.807, 2.05) is 0 Å². The van der Waals surface area contributed by atoms with E-state index in [4.69, 9.17) is 11.5 Å². The van der Waals surface area contributed by atoms with Crippen molar-refractivity contribution in [3.05, 3.63) is 0 Å². The highest BCUT2D eigenvalue weighted by Gasteiger charge is 2.30. The Morgan fingerprint density at radius 3 is 2.67 bits per heavy atom. The van der Waals surface area contributed by atoms with Crippen LogP contribution in [-0.4, -0.2) is 30.2 Å². The van der Waals surface area contributed by atoms with Gasteiger partial charge in [0.25, 0.3) is 0 Å². The van der Waals surface area contributed by atoms with Gasteiger partial charge in [-0.25, -0.2) is 4.79 Å². The van der Waals surface area contributed by atoms with Crippen molar-refractivity contribution in [3.63, 3.8) is 0 Å². The molecule has 0 aliphatic heterocycles. The third-order valence-electron chi connectivity index (χ3n) is 3.31. The summed E-state index contributed by atoms with van der Waals surface area (Å²) in [6, 6.07) is -0.278. The molecule has 0 aromatic rings. The Morgan fingerprint density at radius 2 is 2.00 bits per heavy atom. The lowest BCUT2D eigenvalue weighted by atomic mass is 9.79. The molecule has 18 heavy (non-hydrogen) atoms. The predicted octanol–water partition coefficient (Wildman–Crippen LogP) is 1.20. The highest BCUT2D eigenvalue weighted by atomic mass is 16.4. The maximum Gasteiger partial charge on any atom is 0.314 e. The van der Waals surface area contributed by atoms with Gasteiger partial charge in [0.15, 0.2) is 0 Å². The fraction of sp³-hybridized carbons (Fsp3) is 0.692. The zero-order valence-electron chi connectivity index (χ0n) is 10.4. The minimum atomic E-state index is -0.755. The van der Waals surface area contributed by atoms with Gasteiger partial charge in [0.1, 0.15) is 0 Å². The van der Waals surface area contributed by atoms with E-state index in [-0.39, 0.29) is 17.9 Å². The van der Waals surface area contributed by atoms with E-state index in [0.717, 1.165) is 19.3 Å². The first kappa shape index (κ1) is 14.4. The molecule has 0 heterocycles. The maximum atomic E-state index is 11.4. The number of nitrogens with one attached hydrogen (secondary N) is 2. The summed E-state index contributed by atoms with van der Waals surface area (Å²) in [6.45, 7) is 0.855. The fourth-order valence-corrected chi connectivity index (χ4v) is 2.31. The highest BCUT2D eigenvalue weighted by Crippen LogP contribution is 2.29. The van der Waals surface area contributed by atoms with Gasteiger partial charge in [-0.3, -0.25) is 4.79 Å². The van der Waals surface area contributed by atoms with Crippen LogP contribution >= 0.6 is 0 Å². The molecule has 1 rings (SSSR count). The predicted molar refractivity (Wildman–Crippen MR) is 67.9 cm³/mol. The van der Waals surface area contributed by atoms with E-state index in [1.54, 1.807) is 0 Å². The molecule has 2 atom stereocenters. The first-order valence-corrected chi connectivity index (χ1v) is 6.33. The number of carbonyl (C=O) groups excluding carboxylic acids is 1. The number of carbonyl (C=O) groups is 2. The molecular formula is C13H20N2O3. The molecule has 100 valence electrons. The van der Waals surface area contributed by atoms with Crippen LogP contribution in [0.5, 0.6) is 0 Å². The minimum Gasteiger partial charge on any atom is -0.481 e. The molecule has 0 bridgehead atoms. The summed E-state index contributed by atoms with van der Waals surface area (Å²) < 4.78 is 0. The van der Waals surface area contributed by atoms with E-state index in [9.17, 15) is 9.59 Å². The second-order valence-corrected chi connectivity index (χ2v) is 4.58. The Balaban J connectivity index is 2.30. The summed E-state index contributed by atoms with van der Waals surface area (Å²) in [5, 5.41) is 14.4. The first-order valence-electron chi connectivity index (χ1n) is 6.33. The smallest absolute Gasteiger partial charge is 0.314 e. The maximum absolute atomic E-state index is 11.4. The number of urea groups is 1. The van der Waals surface area contributed by atoms with Gasteiger partial charge in [-0.05, 0) is 18.8 Å². The molecule has 3 N–H and O–H groups in total. The van der Waals surface area contributed by atoms with Gasteiger partial charge < -0.3 is 15.7 Å². The van der Waals surface area contributed by atoms with Crippen molar-refractivity contribution in [1.29, 1.82) is 0 Å². The van der Waals surface area contributed by atoms with Gasteiger partial charge in [0, 0.05) is 19.5 Å². The van der Waals surface area contributed by atoms with Crippen molar-refractivity contribution in [3.8, 4) is 12.3 Å². The average Bonchev–Trinajstić information content (AvgIpc) is 2.37. The van der Waals surface area contributed by atoms with E-state index in [0.29, 0.717) is 25.9 Å². The van der Waals surface area contributed by atoms with Crippen molar-refractivity contribution < 1.29 is 14.7 Å². The number of carboxylic acid groups (broad SMARTS) is 1. The molecule has 5 nitrogen and oxygen atoms in total. The van der Waals surface area contributed by atoms with Crippen molar-refractivity contribution >= 4 is 12.0 Å². The third kappa shape index (κ3) is 4.66. The largest absolute Gasteiger partial charge is 0.481 e. The van der Waals surface area contributed by atoms with E-state index >= 15 is 0 Å². The van der Waals surface area contributed by atoms with Crippen LogP contribution in [0.15, 0.2) is 0 Å². The average molecular weight is 252 g/mol. The molecule has 1 saturated carbocycles. The van der Waals surface area contributed by atoms with Crippen molar-refractivity contribution in [1.82, 2.24) is 10.6 Å². The van der Waals surface area contributed by atoms with Crippen LogP contribution in [0.3, 0.4) is 0 Å². The molecule has 0 spiro atoms. The van der Waals surface area contributed by atoms with Gasteiger partial charge in [-0.1, -0.05) is 12.8 Å². The molecule has 1 fully saturated rings. The molecule has 1 aliphatic carbocycles. The van der Waals surface area contributed by atoms with Gasteiger partial charge in [0.05, 0.1) is 5.92 Å². The number of carboxylic acids is 1. The number of rotatable bonds is 5. The first-order chi connectivity index (χ1) is 8.65. The zero-order chi connectivity index (χ0) is 13.4. The van der Waals surface area contributed by atoms with Crippen LogP contribution in [0.25, 0.3) is 0 Å².